The maximum absolute atomic E-state index is 12.3. The number of carbonyl (C=O) groups is 1. The first-order chi connectivity index (χ1) is 9.93. The van der Waals surface area contributed by atoms with Crippen molar-refractivity contribution in [1.82, 2.24) is 15.1 Å². The number of hydrogen-bond donors (Lipinski definition) is 1. The number of nitrogens with zero attached hydrogens (tertiary/aromatic N) is 3. The van der Waals surface area contributed by atoms with Crippen LogP contribution in [0.25, 0.3) is 0 Å². The number of amides is 1. The number of carbonyl (C=O) groups excluding carboxylic acids is 1. The molecule has 9 heteroatoms. The first kappa shape index (κ1) is 15.6. The van der Waals surface area contributed by atoms with Crippen LogP contribution in [0.15, 0.2) is 15.9 Å². The van der Waals surface area contributed by atoms with Crippen molar-refractivity contribution in [2.45, 2.75) is 26.9 Å². The molecule has 0 aliphatic heterocycles. The van der Waals surface area contributed by atoms with Crippen molar-refractivity contribution in [2.24, 2.45) is 0 Å². The highest BCUT2D eigenvalue weighted by Crippen LogP contribution is 2.24. The molecule has 112 valence electrons. The van der Waals surface area contributed by atoms with Gasteiger partial charge in [0.15, 0.2) is 0 Å². The Morgan fingerprint density at radius 2 is 2.29 bits per heavy atom. The monoisotopic (exact) mass is 372 g/mol. The van der Waals surface area contributed by atoms with Gasteiger partial charge in [0.2, 0.25) is 5.69 Å². The number of nitrogens with one attached hydrogen (secondary N) is 1. The van der Waals surface area contributed by atoms with Crippen LogP contribution in [0, 0.1) is 17.0 Å². The summed E-state index contributed by atoms with van der Waals surface area (Å²) in [6, 6.07) is 3.76. The van der Waals surface area contributed by atoms with Crippen molar-refractivity contribution in [3.63, 3.8) is 0 Å². The van der Waals surface area contributed by atoms with Crippen LogP contribution in [-0.2, 0) is 13.1 Å². The van der Waals surface area contributed by atoms with E-state index >= 15 is 0 Å². The molecule has 7 nitrogen and oxygen atoms in total. The van der Waals surface area contributed by atoms with Gasteiger partial charge < -0.3 is 5.32 Å². The molecule has 0 unspecified atom stereocenters. The zero-order valence-electron chi connectivity index (χ0n) is 11.4. The van der Waals surface area contributed by atoms with Crippen LogP contribution in [0.4, 0.5) is 5.69 Å². The summed E-state index contributed by atoms with van der Waals surface area (Å²) in [5.74, 6) is -0.492. The van der Waals surface area contributed by atoms with Gasteiger partial charge in [-0.25, -0.2) is 0 Å². The minimum Gasteiger partial charge on any atom is -0.346 e. The van der Waals surface area contributed by atoms with Crippen molar-refractivity contribution in [1.29, 1.82) is 0 Å². The molecule has 2 heterocycles. The molecule has 0 saturated heterocycles. The number of nitro groups is 1. The minimum absolute atomic E-state index is 0.00405. The van der Waals surface area contributed by atoms with Crippen LogP contribution in [0.5, 0.6) is 0 Å². The fraction of sp³-hybridized carbons (Fsp3) is 0.333. The first-order valence-corrected chi connectivity index (χ1v) is 7.79. The third-order valence-corrected chi connectivity index (χ3v) is 4.47. The lowest BCUT2D eigenvalue weighted by atomic mass is 10.3. The summed E-state index contributed by atoms with van der Waals surface area (Å²) in [5, 5.41) is 17.9. The van der Waals surface area contributed by atoms with Crippen LogP contribution < -0.4 is 5.32 Å². The van der Waals surface area contributed by atoms with E-state index in [4.69, 9.17) is 0 Å². The van der Waals surface area contributed by atoms with E-state index < -0.39 is 10.8 Å². The highest BCUT2D eigenvalue weighted by atomic mass is 79.9. The average Bonchev–Trinajstić information content (AvgIpc) is 2.99. The van der Waals surface area contributed by atoms with Gasteiger partial charge in [-0.15, -0.1) is 11.3 Å². The van der Waals surface area contributed by atoms with Crippen LogP contribution >= 0.6 is 27.3 Å². The van der Waals surface area contributed by atoms with E-state index in [9.17, 15) is 14.9 Å². The van der Waals surface area contributed by atoms with Gasteiger partial charge in [0.05, 0.1) is 15.3 Å². The molecule has 0 aromatic carbocycles. The third kappa shape index (κ3) is 3.30. The summed E-state index contributed by atoms with van der Waals surface area (Å²) in [6.07, 6.45) is 0. The minimum atomic E-state index is -0.564. The van der Waals surface area contributed by atoms with E-state index in [0.717, 1.165) is 8.66 Å². The Kier molecular flexibility index (Phi) is 4.73. The van der Waals surface area contributed by atoms with Crippen molar-refractivity contribution in [3.05, 3.63) is 42.3 Å². The lowest BCUT2D eigenvalue weighted by Gasteiger charge is -2.05. The molecular weight excluding hydrogens is 360 g/mol. The predicted molar refractivity (Wildman–Crippen MR) is 82.5 cm³/mol. The lowest BCUT2D eigenvalue weighted by molar-refractivity contribution is -0.385. The fourth-order valence-electron chi connectivity index (χ4n) is 1.94. The van der Waals surface area contributed by atoms with Crippen LogP contribution in [0.1, 0.15) is 28.0 Å². The molecule has 0 aliphatic rings. The quantitative estimate of drug-likeness (QED) is 0.645. The van der Waals surface area contributed by atoms with Gasteiger partial charge in [0.25, 0.3) is 5.91 Å². The van der Waals surface area contributed by atoms with Crippen LogP contribution in [-0.4, -0.2) is 20.6 Å². The third-order valence-electron chi connectivity index (χ3n) is 2.85. The Morgan fingerprint density at radius 1 is 1.57 bits per heavy atom. The van der Waals surface area contributed by atoms with E-state index in [2.05, 4.69) is 26.3 Å². The molecule has 0 spiro atoms. The molecule has 0 saturated carbocycles. The van der Waals surface area contributed by atoms with Crippen molar-refractivity contribution in [2.75, 3.05) is 0 Å². The molecule has 1 amide bonds. The lowest BCUT2D eigenvalue weighted by Crippen LogP contribution is -2.26. The number of halogens is 1. The summed E-state index contributed by atoms with van der Waals surface area (Å²) in [7, 11) is 0. The average molecular weight is 373 g/mol. The highest BCUT2D eigenvalue weighted by Gasteiger charge is 2.29. The number of rotatable bonds is 5. The van der Waals surface area contributed by atoms with Gasteiger partial charge in [0.1, 0.15) is 5.69 Å². The summed E-state index contributed by atoms with van der Waals surface area (Å²) in [4.78, 5) is 23.8. The summed E-state index contributed by atoms with van der Waals surface area (Å²) >= 11 is 4.84. The zero-order chi connectivity index (χ0) is 15.6. The zero-order valence-corrected chi connectivity index (χ0v) is 13.8. The Morgan fingerprint density at radius 3 is 2.81 bits per heavy atom. The van der Waals surface area contributed by atoms with E-state index in [-0.39, 0.29) is 17.1 Å². The first-order valence-electron chi connectivity index (χ1n) is 6.18. The van der Waals surface area contributed by atoms with Gasteiger partial charge >= 0.3 is 5.69 Å². The smallest absolute Gasteiger partial charge is 0.322 e. The molecule has 1 N–H and O–H groups in total. The summed E-state index contributed by atoms with van der Waals surface area (Å²) in [5.41, 5.74) is 0.00296. The molecule has 2 aromatic rings. The molecule has 0 radical (unpaired) electrons. The second kappa shape index (κ2) is 6.35. The van der Waals surface area contributed by atoms with Gasteiger partial charge in [0, 0.05) is 11.4 Å². The maximum Gasteiger partial charge on any atom is 0.322 e. The van der Waals surface area contributed by atoms with E-state index in [1.165, 1.54) is 22.9 Å². The molecule has 0 fully saturated rings. The number of thiophene rings is 1. The summed E-state index contributed by atoms with van der Waals surface area (Å²) < 4.78 is 2.32. The molecule has 2 aromatic heterocycles. The normalized spacial score (nSPS) is 10.6. The molecule has 21 heavy (non-hydrogen) atoms. The van der Waals surface area contributed by atoms with Crippen molar-refractivity contribution in [3.8, 4) is 0 Å². The van der Waals surface area contributed by atoms with E-state index in [1.807, 2.05) is 12.1 Å². The van der Waals surface area contributed by atoms with Crippen LogP contribution in [0.2, 0.25) is 0 Å². The van der Waals surface area contributed by atoms with Crippen molar-refractivity contribution >= 4 is 38.9 Å². The molecule has 0 aliphatic carbocycles. The number of hydrogen-bond acceptors (Lipinski definition) is 5. The topological polar surface area (TPSA) is 90.1 Å². The summed E-state index contributed by atoms with van der Waals surface area (Å²) in [6.45, 7) is 4.02. The molecular formula is C12H13BrN4O3S. The Balaban J connectivity index is 2.23. The number of aryl methyl sites for hydroxylation is 2. The number of aromatic nitrogens is 2. The van der Waals surface area contributed by atoms with Gasteiger partial charge in [-0.05, 0) is 41.9 Å². The molecule has 0 bridgehead atoms. The van der Waals surface area contributed by atoms with Crippen molar-refractivity contribution < 1.29 is 9.72 Å². The van der Waals surface area contributed by atoms with E-state index in [0.29, 0.717) is 13.1 Å². The van der Waals surface area contributed by atoms with Gasteiger partial charge in [-0.3, -0.25) is 19.6 Å². The predicted octanol–water partition coefficient (Wildman–Crippen LogP) is 2.87. The maximum atomic E-state index is 12.3. The molecule has 2 rings (SSSR count). The van der Waals surface area contributed by atoms with Gasteiger partial charge in [-0.1, -0.05) is 0 Å². The highest BCUT2D eigenvalue weighted by molar-refractivity contribution is 9.11. The molecule has 0 atom stereocenters. The standard InChI is InChI=1S/C12H13BrN4O3S/c1-3-16-11(10(17(19)20)7(2)15-16)12(18)14-6-8-4-5-9(13)21-8/h4-5H,3,6H2,1-2H3,(H,14,18). The Hall–Kier alpha value is -1.74. The Labute approximate surface area is 133 Å². The van der Waals surface area contributed by atoms with E-state index in [1.54, 1.807) is 6.92 Å². The van der Waals surface area contributed by atoms with Gasteiger partial charge in [-0.2, -0.15) is 5.10 Å². The Bertz CT molecular complexity index is 695. The SMILES string of the molecule is CCn1nc(C)c([N+](=O)[O-])c1C(=O)NCc1ccc(Br)s1. The second-order valence-electron chi connectivity index (χ2n) is 4.24. The van der Waals surface area contributed by atoms with Crippen LogP contribution in [0.3, 0.4) is 0 Å². The second-order valence-corrected chi connectivity index (χ2v) is 6.79. The fourth-order valence-corrected chi connectivity index (χ4v) is 3.36. The largest absolute Gasteiger partial charge is 0.346 e.